The fourth-order valence-electron chi connectivity index (χ4n) is 3.04. The molecule has 2 aliphatic rings. The number of anilines is 1. The van der Waals surface area contributed by atoms with Crippen molar-refractivity contribution in [2.24, 2.45) is 10.9 Å². The van der Waals surface area contributed by atoms with E-state index in [-0.39, 0.29) is 6.09 Å². The summed E-state index contributed by atoms with van der Waals surface area (Å²) in [6.07, 6.45) is 1.83. The van der Waals surface area contributed by atoms with Crippen LogP contribution in [0.15, 0.2) is 29.3 Å². The van der Waals surface area contributed by atoms with Crippen LogP contribution in [0.4, 0.5) is 10.5 Å². The van der Waals surface area contributed by atoms with Crippen LogP contribution in [0.5, 0.6) is 0 Å². The normalized spacial score (nSPS) is 18.0. The van der Waals surface area contributed by atoms with Gasteiger partial charge in [0.1, 0.15) is 6.61 Å². The molecule has 130 valence electrons. The van der Waals surface area contributed by atoms with Crippen molar-refractivity contribution in [3.8, 4) is 0 Å². The van der Waals surface area contributed by atoms with E-state index in [2.05, 4.69) is 22.4 Å². The lowest BCUT2D eigenvalue weighted by Gasteiger charge is -2.31. The molecule has 0 unspecified atom stereocenters. The quantitative estimate of drug-likeness (QED) is 0.901. The van der Waals surface area contributed by atoms with E-state index in [9.17, 15) is 4.79 Å². The van der Waals surface area contributed by atoms with Crippen LogP contribution in [-0.2, 0) is 9.47 Å². The summed E-state index contributed by atoms with van der Waals surface area (Å²) in [7, 11) is 0. The van der Waals surface area contributed by atoms with Crippen molar-refractivity contribution in [2.75, 3.05) is 44.7 Å². The van der Waals surface area contributed by atoms with Gasteiger partial charge in [-0.15, -0.1) is 0 Å². The summed E-state index contributed by atoms with van der Waals surface area (Å²) in [6, 6.07) is 8.20. The number of carbonyl (C=O) groups is 1. The van der Waals surface area contributed by atoms with E-state index in [1.54, 1.807) is 4.90 Å². The molecule has 1 aromatic carbocycles. The lowest BCUT2D eigenvalue weighted by atomic mass is 9.97. The number of nitrogens with zero attached hydrogens (tertiary/aromatic N) is 2. The van der Waals surface area contributed by atoms with Gasteiger partial charge >= 0.3 is 6.09 Å². The number of benzene rings is 1. The second-order valence-corrected chi connectivity index (χ2v) is 6.12. The van der Waals surface area contributed by atoms with E-state index < -0.39 is 0 Å². The minimum atomic E-state index is -0.184. The average molecular weight is 331 g/mol. The molecule has 0 spiro atoms. The predicted molar refractivity (Wildman–Crippen MR) is 93.6 cm³/mol. The number of carbonyl (C=O) groups excluding carboxylic acids is 1. The van der Waals surface area contributed by atoms with Crippen molar-refractivity contribution in [1.29, 1.82) is 0 Å². The number of aliphatic imine (C=N–C) groups is 1. The molecule has 0 saturated carbocycles. The predicted octanol–water partition coefficient (Wildman–Crippen LogP) is 2.74. The summed E-state index contributed by atoms with van der Waals surface area (Å²) in [4.78, 5) is 17.8. The molecule has 2 aliphatic heterocycles. The molecule has 1 saturated heterocycles. The summed E-state index contributed by atoms with van der Waals surface area (Å²) >= 11 is 0. The van der Waals surface area contributed by atoms with Gasteiger partial charge < -0.3 is 19.7 Å². The first-order valence-electron chi connectivity index (χ1n) is 8.69. The second kappa shape index (κ2) is 8.04. The zero-order chi connectivity index (χ0) is 16.8. The molecule has 3 rings (SSSR count). The number of nitrogens with one attached hydrogen (secondary N) is 1. The van der Waals surface area contributed by atoms with Gasteiger partial charge in [0.15, 0.2) is 0 Å². The van der Waals surface area contributed by atoms with Crippen molar-refractivity contribution >= 4 is 17.7 Å². The van der Waals surface area contributed by atoms with Gasteiger partial charge in [0.25, 0.3) is 0 Å². The summed E-state index contributed by atoms with van der Waals surface area (Å²) in [5.41, 5.74) is 2.13. The van der Waals surface area contributed by atoms with Gasteiger partial charge in [-0.25, -0.2) is 9.79 Å². The molecular formula is C18H25N3O3. The monoisotopic (exact) mass is 331 g/mol. The minimum Gasteiger partial charge on any atom is -0.476 e. The Morgan fingerprint density at radius 3 is 2.71 bits per heavy atom. The zero-order valence-electron chi connectivity index (χ0n) is 14.2. The molecule has 0 atom stereocenters. The third-order valence-electron chi connectivity index (χ3n) is 4.45. The highest BCUT2D eigenvalue weighted by Crippen LogP contribution is 2.19. The third kappa shape index (κ3) is 4.19. The van der Waals surface area contributed by atoms with Gasteiger partial charge in [0.2, 0.25) is 5.90 Å². The Morgan fingerprint density at radius 2 is 2.08 bits per heavy atom. The molecule has 1 amide bonds. The van der Waals surface area contributed by atoms with Gasteiger partial charge in [-0.2, -0.15) is 0 Å². The fourth-order valence-corrected chi connectivity index (χ4v) is 3.04. The fraction of sp³-hybridized carbons (Fsp3) is 0.556. The maximum absolute atomic E-state index is 11.7. The SMILES string of the molecule is CCOC(=O)N1CCC(CNc2ccc(C3=NCCO3)cc2)CC1. The van der Waals surface area contributed by atoms with Crippen molar-refractivity contribution in [3.63, 3.8) is 0 Å². The van der Waals surface area contributed by atoms with Gasteiger partial charge in [-0.1, -0.05) is 0 Å². The van der Waals surface area contributed by atoms with E-state index in [4.69, 9.17) is 9.47 Å². The Kier molecular flexibility index (Phi) is 5.56. The number of amides is 1. The lowest BCUT2D eigenvalue weighted by molar-refractivity contribution is 0.0929. The molecule has 0 bridgehead atoms. The van der Waals surface area contributed by atoms with E-state index in [1.165, 1.54) is 0 Å². The van der Waals surface area contributed by atoms with Crippen LogP contribution >= 0.6 is 0 Å². The summed E-state index contributed by atoms with van der Waals surface area (Å²) in [6.45, 7) is 6.19. The number of hydrogen-bond acceptors (Lipinski definition) is 5. The maximum atomic E-state index is 11.7. The van der Waals surface area contributed by atoms with Crippen molar-refractivity contribution in [2.45, 2.75) is 19.8 Å². The highest BCUT2D eigenvalue weighted by atomic mass is 16.6. The maximum Gasteiger partial charge on any atom is 0.409 e. The molecule has 24 heavy (non-hydrogen) atoms. The molecule has 6 nitrogen and oxygen atoms in total. The van der Waals surface area contributed by atoms with E-state index in [0.29, 0.717) is 19.1 Å². The largest absolute Gasteiger partial charge is 0.476 e. The Bertz CT molecular complexity index is 578. The Morgan fingerprint density at radius 1 is 1.33 bits per heavy atom. The molecule has 6 heteroatoms. The lowest BCUT2D eigenvalue weighted by Crippen LogP contribution is -2.40. The van der Waals surface area contributed by atoms with E-state index >= 15 is 0 Å². The molecule has 0 radical (unpaired) electrons. The topological polar surface area (TPSA) is 63.2 Å². The summed E-state index contributed by atoms with van der Waals surface area (Å²) < 4.78 is 10.5. The van der Waals surface area contributed by atoms with Gasteiger partial charge in [0, 0.05) is 30.9 Å². The molecule has 1 aromatic rings. The second-order valence-electron chi connectivity index (χ2n) is 6.12. The van der Waals surface area contributed by atoms with Crippen molar-refractivity contribution in [1.82, 2.24) is 4.90 Å². The number of likely N-dealkylation sites (tertiary alicyclic amines) is 1. The molecule has 0 aliphatic carbocycles. The van der Waals surface area contributed by atoms with Crippen LogP contribution in [0.2, 0.25) is 0 Å². The average Bonchev–Trinajstić information content (AvgIpc) is 3.16. The minimum absolute atomic E-state index is 0.184. The third-order valence-corrected chi connectivity index (χ3v) is 4.45. The number of piperidine rings is 1. The van der Waals surface area contributed by atoms with Crippen molar-refractivity contribution < 1.29 is 14.3 Å². The standard InChI is InChI=1S/C18H25N3O3/c1-2-23-18(22)21-10-7-14(8-11-21)13-20-16-5-3-15(4-6-16)17-19-9-12-24-17/h3-6,14,20H,2,7-13H2,1H3. The molecule has 1 fully saturated rings. The Labute approximate surface area is 142 Å². The highest BCUT2D eigenvalue weighted by Gasteiger charge is 2.23. The van der Waals surface area contributed by atoms with Crippen LogP contribution in [-0.4, -0.2) is 56.3 Å². The van der Waals surface area contributed by atoms with Gasteiger partial charge in [-0.3, -0.25) is 0 Å². The number of hydrogen-bond donors (Lipinski definition) is 1. The molecule has 0 aromatic heterocycles. The smallest absolute Gasteiger partial charge is 0.409 e. The highest BCUT2D eigenvalue weighted by molar-refractivity contribution is 5.95. The first kappa shape index (κ1) is 16.6. The van der Waals surface area contributed by atoms with E-state index in [1.807, 2.05) is 19.1 Å². The van der Waals surface area contributed by atoms with Gasteiger partial charge in [-0.05, 0) is 49.9 Å². The molecule has 2 heterocycles. The first-order chi connectivity index (χ1) is 11.8. The van der Waals surface area contributed by atoms with E-state index in [0.717, 1.165) is 56.2 Å². The van der Waals surface area contributed by atoms with Crippen LogP contribution in [0, 0.1) is 5.92 Å². The van der Waals surface area contributed by atoms with Crippen LogP contribution in [0.1, 0.15) is 25.3 Å². The van der Waals surface area contributed by atoms with Crippen LogP contribution in [0.3, 0.4) is 0 Å². The summed E-state index contributed by atoms with van der Waals surface area (Å²) in [5.74, 6) is 1.32. The Hall–Kier alpha value is -2.24. The zero-order valence-corrected chi connectivity index (χ0v) is 14.2. The van der Waals surface area contributed by atoms with Crippen LogP contribution < -0.4 is 5.32 Å². The van der Waals surface area contributed by atoms with Crippen molar-refractivity contribution in [3.05, 3.63) is 29.8 Å². The molecule has 1 N–H and O–H groups in total. The summed E-state index contributed by atoms with van der Waals surface area (Å²) in [5, 5.41) is 3.49. The van der Waals surface area contributed by atoms with Gasteiger partial charge in [0.05, 0.1) is 13.2 Å². The number of rotatable bonds is 5. The first-order valence-corrected chi connectivity index (χ1v) is 8.69. The van der Waals surface area contributed by atoms with Crippen LogP contribution in [0.25, 0.3) is 0 Å². The Balaban J connectivity index is 1.42. The molecular weight excluding hydrogens is 306 g/mol. The number of ether oxygens (including phenoxy) is 2.